The van der Waals surface area contributed by atoms with Gasteiger partial charge in [0, 0.05) is 54.9 Å². The monoisotopic (exact) mass is 448 g/mol. The predicted octanol–water partition coefficient (Wildman–Crippen LogP) is 3.65. The number of anilines is 1. The van der Waals surface area contributed by atoms with Gasteiger partial charge in [-0.1, -0.05) is 11.6 Å². The van der Waals surface area contributed by atoms with Crippen molar-refractivity contribution in [2.45, 2.75) is 51.8 Å². The van der Waals surface area contributed by atoms with Gasteiger partial charge in [0.1, 0.15) is 10.8 Å². The molecule has 9 heteroatoms. The molecule has 1 N–H and O–H groups in total. The molecule has 1 aliphatic rings. The molecule has 0 unspecified atom stereocenters. The summed E-state index contributed by atoms with van der Waals surface area (Å²) in [4.78, 5) is 20.9. The number of halogens is 1. The maximum Gasteiger partial charge on any atom is 0.407 e. The number of hydrogen-bond acceptors (Lipinski definition) is 6. The van der Waals surface area contributed by atoms with Crippen LogP contribution in [0, 0.1) is 0 Å². The number of amides is 1. The SMILES string of the molecule is CN(C)CCn1cc(-c2cnc(Cl)cc2N2CCC[C@H](NC(=O)OC(C)(C)C)C2)cn1. The molecule has 1 aliphatic heterocycles. The van der Waals surface area contributed by atoms with E-state index >= 15 is 0 Å². The number of ether oxygens (including phenoxy) is 1. The summed E-state index contributed by atoms with van der Waals surface area (Å²) >= 11 is 6.25. The number of carbonyl (C=O) groups is 1. The quantitative estimate of drug-likeness (QED) is 0.680. The maximum atomic E-state index is 12.2. The first kappa shape index (κ1) is 23.3. The van der Waals surface area contributed by atoms with Gasteiger partial charge in [-0.05, 0) is 53.8 Å². The molecule has 0 aliphatic carbocycles. The van der Waals surface area contributed by atoms with Crippen LogP contribution in [0.2, 0.25) is 5.15 Å². The molecule has 31 heavy (non-hydrogen) atoms. The fourth-order valence-corrected chi connectivity index (χ4v) is 3.77. The summed E-state index contributed by atoms with van der Waals surface area (Å²) in [5.74, 6) is 0. The lowest BCUT2D eigenvalue weighted by Gasteiger charge is -2.36. The van der Waals surface area contributed by atoms with E-state index < -0.39 is 5.60 Å². The van der Waals surface area contributed by atoms with Crippen LogP contribution in [0.25, 0.3) is 11.1 Å². The van der Waals surface area contributed by atoms with Gasteiger partial charge in [0.05, 0.1) is 12.7 Å². The number of rotatable bonds is 6. The Morgan fingerprint density at radius 2 is 2.13 bits per heavy atom. The number of carbonyl (C=O) groups excluding carboxylic acids is 1. The summed E-state index contributed by atoms with van der Waals surface area (Å²) in [5.41, 5.74) is 2.47. The van der Waals surface area contributed by atoms with Crippen LogP contribution in [0.4, 0.5) is 10.5 Å². The normalized spacial score (nSPS) is 17.1. The van der Waals surface area contributed by atoms with Gasteiger partial charge >= 0.3 is 6.09 Å². The van der Waals surface area contributed by atoms with Gasteiger partial charge < -0.3 is 19.9 Å². The van der Waals surface area contributed by atoms with Gasteiger partial charge in [0.15, 0.2) is 0 Å². The van der Waals surface area contributed by atoms with Crippen LogP contribution in [0.3, 0.4) is 0 Å². The Morgan fingerprint density at radius 1 is 1.35 bits per heavy atom. The van der Waals surface area contributed by atoms with E-state index in [1.165, 1.54) is 0 Å². The minimum absolute atomic E-state index is 0.00575. The van der Waals surface area contributed by atoms with Crippen molar-refractivity contribution in [3.05, 3.63) is 29.8 Å². The van der Waals surface area contributed by atoms with E-state index in [2.05, 4.69) is 25.2 Å². The van der Waals surface area contributed by atoms with Crippen molar-refractivity contribution in [1.82, 2.24) is 25.0 Å². The zero-order valence-electron chi connectivity index (χ0n) is 19.1. The van der Waals surface area contributed by atoms with Crippen LogP contribution in [-0.2, 0) is 11.3 Å². The number of hydrogen-bond donors (Lipinski definition) is 1. The molecule has 0 aromatic carbocycles. The number of alkyl carbamates (subject to hydrolysis) is 1. The predicted molar refractivity (Wildman–Crippen MR) is 124 cm³/mol. The minimum Gasteiger partial charge on any atom is -0.444 e. The van der Waals surface area contributed by atoms with Crippen molar-refractivity contribution in [2.24, 2.45) is 0 Å². The van der Waals surface area contributed by atoms with E-state index in [-0.39, 0.29) is 12.1 Å². The maximum absolute atomic E-state index is 12.2. The van der Waals surface area contributed by atoms with Gasteiger partial charge in [-0.2, -0.15) is 5.10 Å². The Labute approximate surface area is 189 Å². The summed E-state index contributed by atoms with van der Waals surface area (Å²) < 4.78 is 7.36. The molecule has 1 atom stereocenters. The molecule has 0 saturated carbocycles. The Morgan fingerprint density at radius 3 is 2.84 bits per heavy atom. The third kappa shape index (κ3) is 6.83. The largest absolute Gasteiger partial charge is 0.444 e. The van der Waals surface area contributed by atoms with Gasteiger partial charge in [-0.15, -0.1) is 0 Å². The molecule has 0 bridgehead atoms. The summed E-state index contributed by atoms with van der Waals surface area (Å²) in [7, 11) is 4.09. The van der Waals surface area contributed by atoms with Gasteiger partial charge in [-0.25, -0.2) is 9.78 Å². The van der Waals surface area contributed by atoms with Crippen molar-refractivity contribution in [3.63, 3.8) is 0 Å². The summed E-state index contributed by atoms with van der Waals surface area (Å²) in [6.07, 6.45) is 7.20. The van der Waals surface area contributed by atoms with Crippen LogP contribution in [0.1, 0.15) is 33.6 Å². The number of nitrogens with one attached hydrogen (secondary N) is 1. The van der Waals surface area contributed by atoms with Crippen LogP contribution >= 0.6 is 11.6 Å². The van der Waals surface area contributed by atoms with Crippen molar-refractivity contribution >= 4 is 23.4 Å². The lowest BCUT2D eigenvalue weighted by molar-refractivity contribution is 0.0500. The molecule has 0 spiro atoms. The van der Waals surface area contributed by atoms with E-state index in [4.69, 9.17) is 16.3 Å². The van der Waals surface area contributed by atoms with Gasteiger partial charge in [-0.3, -0.25) is 4.68 Å². The van der Waals surface area contributed by atoms with E-state index in [0.717, 1.165) is 49.3 Å². The van der Waals surface area contributed by atoms with E-state index in [1.807, 2.05) is 58.0 Å². The molecule has 0 radical (unpaired) electrons. The molecule has 3 rings (SSSR count). The number of piperidine rings is 1. The number of likely N-dealkylation sites (N-methyl/N-ethyl adjacent to an activating group) is 1. The molecule has 8 nitrogen and oxygen atoms in total. The van der Waals surface area contributed by atoms with E-state index in [9.17, 15) is 4.79 Å². The average molecular weight is 449 g/mol. The van der Waals surface area contributed by atoms with E-state index in [1.54, 1.807) is 6.20 Å². The van der Waals surface area contributed by atoms with Crippen LogP contribution in [0.15, 0.2) is 24.7 Å². The second kappa shape index (κ2) is 9.87. The lowest BCUT2D eigenvalue weighted by atomic mass is 10.0. The third-order valence-corrected chi connectivity index (χ3v) is 5.26. The van der Waals surface area contributed by atoms with Crippen LogP contribution in [0.5, 0.6) is 0 Å². The summed E-state index contributed by atoms with van der Waals surface area (Å²) in [6, 6.07) is 1.90. The highest BCUT2D eigenvalue weighted by molar-refractivity contribution is 6.29. The number of pyridine rings is 1. The lowest BCUT2D eigenvalue weighted by Crippen LogP contribution is -2.49. The first-order chi connectivity index (χ1) is 14.6. The molecule has 170 valence electrons. The van der Waals surface area contributed by atoms with Crippen LogP contribution < -0.4 is 10.2 Å². The number of aromatic nitrogens is 3. The minimum atomic E-state index is -0.517. The third-order valence-electron chi connectivity index (χ3n) is 5.05. The molecule has 3 heterocycles. The second-order valence-electron chi connectivity index (χ2n) is 9.25. The van der Waals surface area contributed by atoms with E-state index in [0.29, 0.717) is 11.7 Å². The standard InChI is InChI=1S/C22H33ClN6O2/c1-22(2,3)31-21(30)26-17-7-6-8-28(15-17)19-11-20(23)24-13-18(19)16-12-25-29(14-16)10-9-27(4)5/h11-14,17H,6-10,15H2,1-5H3,(H,26,30)/t17-/m0/s1. The molecule has 2 aromatic rings. The topological polar surface area (TPSA) is 75.5 Å². The summed E-state index contributed by atoms with van der Waals surface area (Å²) in [6.45, 7) is 8.89. The molecular weight excluding hydrogens is 416 g/mol. The van der Waals surface area contributed by atoms with Gasteiger partial charge in [0.25, 0.3) is 0 Å². The zero-order chi connectivity index (χ0) is 22.6. The molecule has 1 saturated heterocycles. The van der Waals surface area contributed by atoms with Crippen molar-refractivity contribution in [3.8, 4) is 11.1 Å². The zero-order valence-corrected chi connectivity index (χ0v) is 19.8. The highest BCUT2D eigenvalue weighted by atomic mass is 35.5. The summed E-state index contributed by atoms with van der Waals surface area (Å²) in [5, 5.41) is 7.95. The molecule has 1 amide bonds. The highest BCUT2D eigenvalue weighted by Crippen LogP contribution is 2.33. The fourth-order valence-electron chi connectivity index (χ4n) is 3.62. The van der Waals surface area contributed by atoms with Crippen molar-refractivity contribution in [2.75, 3.05) is 38.6 Å². The average Bonchev–Trinajstić information content (AvgIpc) is 3.14. The Hall–Kier alpha value is -2.32. The van der Waals surface area contributed by atoms with Gasteiger partial charge in [0.2, 0.25) is 0 Å². The molecule has 2 aromatic heterocycles. The molecule has 1 fully saturated rings. The van der Waals surface area contributed by atoms with Crippen LogP contribution in [-0.4, -0.2) is 71.1 Å². The Bertz CT molecular complexity index is 892. The highest BCUT2D eigenvalue weighted by Gasteiger charge is 2.26. The van der Waals surface area contributed by atoms with Crippen molar-refractivity contribution in [1.29, 1.82) is 0 Å². The van der Waals surface area contributed by atoms with Crippen molar-refractivity contribution < 1.29 is 9.53 Å². The Balaban J connectivity index is 1.76. The first-order valence-electron chi connectivity index (χ1n) is 10.7. The number of nitrogens with zero attached hydrogens (tertiary/aromatic N) is 5. The first-order valence-corrected chi connectivity index (χ1v) is 11.1. The molecular formula is C22H33ClN6O2. The fraction of sp³-hybridized carbons (Fsp3) is 0.591. The Kier molecular flexibility index (Phi) is 7.43. The second-order valence-corrected chi connectivity index (χ2v) is 9.64. The smallest absolute Gasteiger partial charge is 0.407 e.